The summed E-state index contributed by atoms with van der Waals surface area (Å²) in [4.78, 5) is 23.0. The number of nitrogen functional groups attached to an aromatic ring is 1. The van der Waals surface area contributed by atoms with Crippen LogP contribution in [0.1, 0.15) is 20.1 Å². The van der Waals surface area contributed by atoms with Crippen LogP contribution < -0.4 is 20.7 Å². The number of aliphatic hydroxyl groups is 1. The first-order valence-corrected chi connectivity index (χ1v) is 14.1. The zero-order chi connectivity index (χ0) is 29.1. The number of halogens is 1. The molecule has 2 aromatic heterocycles. The first-order valence-electron chi connectivity index (χ1n) is 12.2. The van der Waals surface area contributed by atoms with Gasteiger partial charge in [-0.1, -0.05) is 35.7 Å². The van der Waals surface area contributed by atoms with Crippen molar-refractivity contribution in [3.05, 3.63) is 36.7 Å². The summed E-state index contributed by atoms with van der Waals surface area (Å²) in [5.41, 5.74) is 6.46. The molecule has 0 aliphatic carbocycles. The molecular weight excluding hydrogens is 565 g/mol. The molecule has 16 heteroatoms. The minimum Gasteiger partial charge on any atom is -0.465 e. The lowest BCUT2D eigenvalue weighted by Crippen LogP contribution is -2.41. The monoisotopic (exact) mass is 593 g/mol. The molecule has 4 rings (SSSR count). The zero-order valence-corrected chi connectivity index (χ0v) is 23.5. The molecule has 1 aliphatic heterocycles. The summed E-state index contributed by atoms with van der Waals surface area (Å²) in [6.45, 7) is 2.71. The Morgan fingerprint density at radius 2 is 2.12 bits per heavy atom. The molecular formula is C24H29ClN7O7P. The molecule has 6 atom stereocenters. The van der Waals surface area contributed by atoms with Crippen LogP contribution in [0.5, 0.6) is 5.75 Å². The van der Waals surface area contributed by atoms with Crippen LogP contribution >= 0.6 is 19.3 Å². The van der Waals surface area contributed by atoms with Crippen LogP contribution in [0.15, 0.2) is 36.7 Å². The number of nitrogens with one attached hydrogen (secondary N) is 2. The summed E-state index contributed by atoms with van der Waals surface area (Å²) in [6.07, 6.45) is 3.25. The van der Waals surface area contributed by atoms with E-state index < -0.39 is 49.7 Å². The van der Waals surface area contributed by atoms with Crippen molar-refractivity contribution >= 4 is 48.2 Å². The topological polar surface area (TPSA) is 185 Å². The van der Waals surface area contributed by atoms with Gasteiger partial charge in [-0.3, -0.25) is 13.9 Å². The Morgan fingerprint density at radius 1 is 1.40 bits per heavy atom. The number of carbonyl (C=O) groups excluding carboxylic acids is 1. The highest BCUT2D eigenvalue weighted by Gasteiger charge is 2.56. The standard InChI is InChI=1S/C24H29ClN7O7P/c1-5-24(25)18(33)16(38-22(24)32-13-28-17-19(27-4)29-23(26)30-20(17)32)12-37-40(35,31-14(3)21(34)36-6-2)39-15-10-8-7-9-11-15/h1,7-11,13-14,16,18,22,33H,6,12H2,2-4H3,(H,31,35)(H3,26,27,29,30)/t14-,16-,18-,22-,24-,40-/m1/s1. The van der Waals surface area contributed by atoms with Crippen LogP contribution in [0.2, 0.25) is 0 Å². The van der Waals surface area contributed by atoms with E-state index >= 15 is 0 Å². The predicted octanol–water partition coefficient (Wildman–Crippen LogP) is 2.06. The smallest absolute Gasteiger partial charge is 0.459 e. The molecule has 214 valence electrons. The molecule has 5 N–H and O–H groups in total. The van der Waals surface area contributed by atoms with Crippen molar-refractivity contribution in [1.29, 1.82) is 0 Å². The lowest BCUT2D eigenvalue weighted by Gasteiger charge is -2.25. The molecule has 1 aromatic carbocycles. The number of alkyl halides is 1. The Morgan fingerprint density at radius 3 is 2.77 bits per heavy atom. The molecule has 14 nitrogen and oxygen atoms in total. The molecule has 40 heavy (non-hydrogen) atoms. The molecule has 0 spiro atoms. The quantitative estimate of drug-likeness (QED) is 0.110. The minimum atomic E-state index is -4.24. The number of benzene rings is 1. The molecule has 0 amide bonds. The highest BCUT2D eigenvalue weighted by Crippen LogP contribution is 2.48. The number of nitrogens with zero attached hydrogens (tertiary/aromatic N) is 4. The van der Waals surface area contributed by atoms with Crippen molar-refractivity contribution < 1.29 is 33.0 Å². The summed E-state index contributed by atoms with van der Waals surface area (Å²) in [5, 5.41) is 16.6. The average Bonchev–Trinajstić information content (AvgIpc) is 3.46. The van der Waals surface area contributed by atoms with Crippen LogP contribution in [0, 0.1) is 12.3 Å². The fourth-order valence-electron chi connectivity index (χ4n) is 4.03. The van der Waals surface area contributed by atoms with Crippen molar-refractivity contribution in [2.24, 2.45) is 0 Å². The highest BCUT2D eigenvalue weighted by molar-refractivity contribution is 7.52. The van der Waals surface area contributed by atoms with Crippen LogP contribution in [0.4, 0.5) is 11.8 Å². The van der Waals surface area contributed by atoms with Crippen LogP contribution in [-0.2, 0) is 23.4 Å². The van der Waals surface area contributed by atoms with Gasteiger partial charge in [0.25, 0.3) is 0 Å². The number of aliphatic hydroxyl groups excluding tert-OH is 1. The van der Waals surface area contributed by atoms with Crippen LogP contribution in [0.25, 0.3) is 11.2 Å². The molecule has 0 bridgehead atoms. The van der Waals surface area contributed by atoms with E-state index in [2.05, 4.69) is 31.3 Å². The van der Waals surface area contributed by atoms with E-state index in [4.69, 9.17) is 42.3 Å². The van der Waals surface area contributed by atoms with E-state index in [1.54, 1.807) is 44.3 Å². The number of ether oxygens (including phenoxy) is 2. The average molecular weight is 594 g/mol. The second-order valence-electron chi connectivity index (χ2n) is 8.69. The van der Waals surface area contributed by atoms with Crippen LogP contribution in [0.3, 0.4) is 0 Å². The number of imidazole rings is 1. The number of para-hydroxylation sites is 1. The number of hydrogen-bond donors (Lipinski definition) is 4. The van der Waals surface area contributed by atoms with Gasteiger partial charge in [-0.15, -0.1) is 6.42 Å². The Bertz CT molecular complexity index is 1450. The maximum Gasteiger partial charge on any atom is 0.459 e. The third-order valence-corrected chi connectivity index (χ3v) is 8.13. The predicted molar refractivity (Wildman–Crippen MR) is 146 cm³/mol. The molecule has 3 aromatic rings. The van der Waals surface area contributed by atoms with E-state index in [9.17, 15) is 14.5 Å². The number of anilines is 2. The Balaban J connectivity index is 1.60. The van der Waals surface area contributed by atoms with Gasteiger partial charge in [0, 0.05) is 7.05 Å². The third-order valence-electron chi connectivity index (χ3n) is 5.96. The fourth-order valence-corrected chi connectivity index (χ4v) is 5.83. The largest absolute Gasteiger partial charge is 0.465 e. The number of esters is 1. The summed E-state index contributed by atoms with van der Waals surface area (Å²) in [7, 11) is -2.60. The van der Waals surface area contributed by atoms with Gasteiger partial charge in [-0.05, 0) is 26.0 Å². The molecule has 0 radical (unpaired) electrons. The molecule has 1 fully saturated rings. The van der Waals surface area contributed by atoms with Gasteiger partial charge in [-0.2, -0.15) is 15.1 Å². The highest BCUT2D eigenvalue weighted by atomic mass is 35.5. The number of rotatable bonds is 11. The van der Waals surface area contributed by atoms with Gasteiger partial charge >= 0.3 is 13.7 Å². The molecule has 0 saturated carbocycles. The first kappa shape index (κ1) is 29.5. The van der Waals surface area contributed by atoms with E-state index in [0.29, 0.717) is 11.3 Å². The van der Waals surface area contributed by atoms with Gasteiger partial charge in [0.2, 0.25) is 5.95 Å². The number of terminal acetylenes is 1. The van der Waals surface area contributed by atoms with Crippen molar-refractivity contribution in [3.8, 4) is 18.1 Å². The summed E-state index contributed by atoms with van der Waals surface area (Å²) in [6, 6.07) is 7.14. The van der Waals surface area contributed by atoms with Gasteiger partial charge < -0.3 is 30.2 Å². The van der Waals surface area contributed by atoms with Crippen molar-refractivity contribution in [3.63, 3.8) is 0 Å². The van der Waals surface area contributed by atoms with Gasteiger partial charge in [0.05, 0.1) is 19.5 Å². The number of nitrogens with two attached hydrogens (primary N) is 1. The summed E-state index contributed by atoms with van der Waals surface area (Å²) in [5.74, 6) is 2.24. The fraction of sp³-hybridized carbons (Fsp3) is 0.417. The SMILES string of the molecule is C#C[C@@]1(Cl)[C@H](O)[C@@H](CO[P@](=O)(N[C@H](C)C(=O)OCC)Oc2ccccc2)O[C@H]1n1cnc2c(NC)nc(N)nc21. The maximum absolute atomic E-state index is 13.8. The minimum absolute atomic E-state index is 0.0429. The molecule has 0 unspecified atom stereocenters. The van der Waals surface area contributed by atoms with Gasteiger partial charge in [0.15, 0.2) is 28.1 Å². The summed E-state index contributed by atoms with van der Waals surface area (Å²) < 4.78 is 37.5. The van der Waals surface area contributed by atoms with Gasteiger partial charge in [-0.25, -0.2) is 9.55 Å². The number of aromatic nitrogens is 4. The normalized spacial score (nSPS) is 24.6. The lowest BCUT2D eigenvalue weighted by atomic mass is 9.99. The second-order valence-corrected chi connectivity index (χ2v) is 11.0. The number of fused-ring (bicyclic) bond motifs is 1. The number of carbonyl (C=O) groups is 1. The Hall–Kier alpha value is -3.44. The molecule has 1 aliphatic rings. The lowest BCUT2D eigenvalue weighted by molar-refractivity contribution is -0.144. The maximum atomic E-state index is 13.8. The summed E-state index contributed by atoms with van der Waals surface area (Å²) >= 11 is 6.73. The third kappa shape index (κ3) is 5.85. The Labute approximate surface area is 235 Å². The molecule has 1 saturated heterocycles. The first-order chi connectivity index (χ1) is 19.0. The van der Waals surface area contributed by atoms with Crippen molar-refractivity contribution in [1.82, 2.24) is 24.6 Å². The second kappa shape index (κ2) is 12.0. The molecule has 3 heterocycles. The van der Waals surface area contributed by atoms with E-state index in [1.807, 2.05) is 0 Å². The van der Waals surface area contributed by atoms with Gasteiger partial charge in [0.1, 0.15) is 24.0 Å². The van der Waals surface area contributed by atoms with Crippen molar-refractivity contribution in [2.45, 2.75) is 43.2 Å². The van der Waals surface area contributed by atoms with E-state index in [-0.39, 0.29) is 24.0 Å². The van der Waals surface area contributed by atoms with E-state index in [0.717, 1.165) is 0 Å². The van der Waals surface area contributed by atoms with E-state index in [1.165, 1.54) is 17.8 Å². The van der Waals surface area contributed by atoms with Crippen molar-refractivity contribution in [2.75, 3.05) is 31.3 Å². The Kier molecular flexibility index (Phi) is 8.84. The zero-order valence-electron chi connectivity index (χ0n) is 21.9. The number of hydrogen-bond acceptors (Lipinski definition) is 12. The van der Waals surface area contributed by atoms with Crippen LogP contribution in [-0.4, -0.2) is 74.0 Å².